The van der Waals surface area contributed by atoms with Gasteiger partial charge in [-0.2, -0.15) is 0 Å². The Labute approximate surface area is 121 Å². The summed E-state index contributed by atoms with van der Waals surface area (Å²) >= 11 is 3.03. The van der Waals surface area contributed by atoms with Gasteiger partial charge in [0, 0.05) is 0 Å². The van der Waals surface area contributed by atoms with Crippen LogP contribution in [0.4, 0.5) is 0 Å². The quantitative estimate of drug-likeness (QED) is 0.471. The van der Waals surface area contributed by atoms with Crippen molar-refractivity contribution in [3.8, 4) is 0 Å². The molecule has 0 N–H and O–H groups in total. The first kappa shape index (κ1) is 16.5. The molecule has 2 saturated heterocycles. The van der Waals surface area contributed by atoms with Crippen LogP contribution in [0, 0.1) is 5.92 Å². The van der Waals surface area contributed by atoms with E-state index in [9.17, 15) is 0 Å². The molecule has 0 aromatic carbocycles. The van der Waals surface area contributed by atoms with Crippen LogP contribution in [0.1, 0.15) is 40.0 Å². The summed E-state index contributed by atoms with van der Waals surface area (Å²) in [6.45, 7) is 9.66. The Morgan fingerprint density at radius 3 is 1.94 bits per heavy atom. The molecular formula is C14H29P2Rh. The third-order valence-corrected chi connectivity index (χ3v) is 10.9. The van der Waals surface area contributed by atoms with Crippen molar-refractivity contribution in [2.24, 2.45) is 5.92 Å². The van der Waals surface area contributed by atoms with Crippen LogP contribution in [0.2, 0.25) is 5.02 Å². The van der Waals surface area contributed by atoms with Gasteiger partial charge in [-0.25, -0.2) is 0 Å². The normalized spacial score (nSPS) is 38.0. The molecule has 0 aliphatic carbocycles. The van der Waals surface area contributed by atoms with Gasteiger partial charge in [-0.3, -0.25) is 0 Å². The molecule has 0 saturated carbocycles. The molecule has 4 atom stereocenters. The predicted octanol–water partition coefficient (Wildman–Crippen LogP) is 5.14. The van der Waals surface area contributed by atoms with Gasteiger partial charge in [0.15, 0.2) is 0 Å². The molecule has 2 fully saturated rings. The fourth-order valence-electron chi connectivity index (χ4n) is 2.93. The Kier molecular flexibility index (Phi) is 8.38. The van der Waals surface area contributed by atoms with E-state index < -0.39 is 0 Å². The Balaban J connectivity index is 0.000000181. The van der Waals surface area contributed by atoms with E-state index in [-0.39, 0.29) is 0 Å². The Hall–Kier alpha value is 1.48. The summed E-state index contributed by atoms with van der Waals surface area (Å²) in [4.78, 5) is 0. The summed E-state index contributed by atoms with van der Waals surface area (Å²) in [6.07, 6.45) is 9.04. The van der Waals surface area contributed by atoms with Crippen LogP contribution >= 0.6 is 15.8 Å². The molecule has 3 heteroatoms. The molecule has 2 rings (SSSR count). The van der Waals surface area contributed by atoms with E-state index in [1.54, 1.807) is 0 Å². The maximum Gasteiger partial charge on any atom is -0.0302 e. The Morgan fingerprint density at radius 1 is 1.06 bits per heavy atom. The van der Waals surface area contributed by atoms with E-state index in [1.165, 1.54) is 42.8 Å². The van der Waals surface area contributed by atoms with Crippen LogP contribution in [0.25, 0.3) is 0 Å². The predicted molar refractivity (Wildman–Crippen MR) is 81.1 cm³/mol. The average Bonchev–Trinajstić information content (AvgIpc) is 2.79. The fraction of sp³-hybridized carbons (Fsp3) is 1.00. The summed E-state index contributed by atoms with van der Waals surface area (Å²) in [7, 11) is 0.900. The standard InChI is InChI=1S/C8H16P.C6H13P.Rh/c1-4-9-7(2)5-6-8(9)3;1-6-3-4-7(2)5-6;/h7-8H,1,4-6H2,2-3H3;6H,3-5H2,1-2H3;/t7-,8-;6-,7-;/m00./s1. The topological polar surface area (TPSA) is 0 Å². The van der Waals surface area contributed by atoms with E-state index in [2.05, 4.69) is 45.7 Å². The van der Waals surface area contributed by atoms with E-state index in [1.807, 2.05) is 0 Å². The second-order valence-corrected chi connectivity index (χ2v) is 12.4. The fourth-order valence-corrected chi connectivity index (χ4v) is 9.39. The molecule has 0 unspecified atom stereocenters. The van der Waals surface area contributed by atoms with Crippen molar-refractivity contribution in [1.82, 2.24) is 0 Å². The smallest absolute Gasteiger partial charge is 0.0302 e. The van der Waals surface area contributed by atoms with Crippen molar-refractivity contribution < 1.29 is 18.3 Å². The van der Waals surface area contributed by atoms with Crippen LogP contribution < -0.4 is 0 Å². The first-order valence-electron chi connectivity index (χ1n) is 7.01. The summed E-state index contributed by atoms with van der Waals surface area (Å²) < 4.78 is 0. The van der Waals surface area contributed by atoms with Crippen LogP contribution in [0.5, 0.6) is 0 Å². The van der Waals surface area contributed by atoms with Crippen molar-refractivity contribution in [1.29, 1.82) is 0 Å². The van der Waals surface area contributed by atoms with Gasteiger partial charge in [-0.1, -0.05) is 6.92 Å². The molecule has 0 aromatic rings. The monoisotopic (exact) mass is 362 g/mol. The van der Waals surface area contributed by atoms with E-state index in [0.717, 1.165) is 17.2 Å². The second-order valence-electron chi connectivity index (χ2n) is 5.84. The molecule has 0 spiro atoms. The Bertz CT molecular complexity index is 192. The van der Waals surface area contributed by atoms with Gasteiger partial charge in [-0.15, -0.1) is 7.92 Å². The first-order chi connectivity index (χ1) is 8.04. The molecule has 0 nitrogen and oxygen atoms in total. The summed E-state index contributed by atoms with van der Waals surface area (Å²) in [5.74, 6) is 1.05. The molecule has 0 amide bonds. The minimum Gasteiger partial charge on any atom is -0.110 e. The van der Waals surface area contributed by atoms with Gasteiger partial charge < -0.3 is 0 Å². The molecule has 0 aromatic heterocycles. The van der Waals surface area contributed by atoms with Gasteiger partial charge in [0.05, 0.1) is 0 Å². The first-order valence-corrected chi connectivity index (χ1v) is 12.0. The SMILES string of the molecule is C[C@H]1CC[C@H](C)P1C[CH2][Rh].C[C@H]1CC[P@](C)C1. The molecule has 17 heavy (non-hydrogen) atoms. The van der Waals surface area contributed by atoms with Gasteiger partial charge in [-0.05, 0) is 31.3 Å². The molecular weight excluding hydrogens is 333 g/mol. The Morgan fingerprint density at radius 2 is 1.65 bits per heavy atom. The zero-order valence-electron chi connectivity index (χ0n) is 11.9. The van der Waals surface area contributed by atoms with Crippen LogP contribution in [0.3, 0.4) is 0 Å². The van der Waals surface area contributed by atoms with Crippen molar-refractivity contribution in [2.45, 2.75) is 56.4 Å². The van der Waals surface area contributed by atoms with Gasteiger partial charge in [0.1, 0.15) is 0 Å². The summed E-state index contributed by atoms with van der Waals surface area (Å²) in [5.41, 5.74) is 2.11. The van der Waals surface area contributed by atoms with Crippen molar-refractivity contribution >= 4 is 15.8 Å². The average molecular weight is 362 g/mol. The van der Waals surface area contributed by atoms with E-state index in [4.69, 9.17) is 0 Å². The molecule has 2 aliphatic rings. The van der Waals surface area contributed by atoms with Gasteiger partial charge >= 0.3 is 75.4 Å². The van der Waals surface area contributed by atoms with Crippen LogP contribution in [-0.4, -0.2) is 36.5 Å². The number of hydrogen-bond acceptors (Lipinski definition) is 0. The minimum absolute atomic E-state index is 0.405. The van der Waals surface area contributed by atoms with Crippen molar-refractivity contribution in [3.63, 3.8) is 0 Å². The maximum absolute atomic E-state index is 3.03. The molecule has 2 aliphatic heterocycles. The minimum atomic E-state index is 0.405. The van der Waals surface area contributed by atoms with Gasteiger partial charge in [0.2, 0.25) is 0 Å². The molecule has 104 valence electrons. The second kappa shape index (κ2) is 8.61. The number of rotatable bonds is 2. The van der Waals surface area contributed by atoms with Crippen molar-refractivity contribution in [2.75, 3.05) is 25.2 Å². The van der Waals surface area contributed by atoms with E-state index in [0.29, 0.717) is 15.8 Å². The molecule has 0 radical (unpaired) electrons. The van der Waals surface area contributed by atoms with Crippen LogP contribution in [0.15, 0.2) is 0 Å². The largest absolute Gasteiger partial charge is 0.110 e. The zero-order chi connectivity index (χ0) is 12.8. The molecule has 0 bridgehead atoms. The van der Waals surface area contributed by atoms with E-state index >= 15 is 0 Å². The third kappa shape index (κ3) is 5.98. The van der Waals surface area contributed by atoms with Crippen LogP contribution in [-0.2, 0) is 18.3 Å². The third-order valence-electron chi connectivity index (χ3n) is 4.09. The summed E-state index contributed by atoms with van der Waals surface area (Å²) in [5, 5.41) is 1.29. The number of hydrogen-bond donors (Lipinski definition) is 0. The van der Waals surface area contributed by atoms with Crippen molar-refractivity contribution in [3.05, 3.63) is 0 Å². The molecule has 2 heterocycles. The maximum atomic E-state index is 3.03. The summed E-state index contributed by atoms with van der Waals surface area (Å²) in [6, 6.07) is 0. The zero-order valence-corrected chi connectivity index (χ0v) is 15.3. The van der Waals surface area contributed by atoms with Gasteiger partial charge in [0.25, 0.3) is 0 Å².